The van der Waals surface area contributed by atoms with Crippen molar-refractivity contribution in [2.75, 3.05) is 19.0 Å². The maximum atomic E-state index is 6.07. The molecule has 0 saturated carbocycles. The fraction of sp³-hybridized carbons (Fsp3) is 0.667. The summed E-state index contributed by atoms with van der Waals surface area (Å²) < 4.78 is 5.18. The van der Waals surface area contributed by atoms with Crippen LogP contribution < -0.4 is 5.32 Å². The topological polar surface area (TPSA) is 47.0 Å². The maximum Gasteiger partial charge on any atom is 0.171 e. The van der Waals surface area contributed by atoms with Gasteiger partial charge >= 0.3 is 0 Å². The second-order valence-electron chi connectivity index (χ2n) is 4.48. The van der Waals surface area contributed by atoms with Gasteiger partial charge in [0.05, 0.1) is 24.0 Å². The number of anilines is 1. The fourth-order valence-corrected chi connectivity index (χ4v) is 1.65. The minimum absolute atomic E-state index is 0.175. The van der Waals surface area contributed by atoms with Gasteiger partial charge in [0.25, 0.3) is 0 Å². The van der Waals surface area contributed by atoms with Crippen molar-refractivity contribution in [1.82, 2.24) is 9.97 Å². The number of ether oxygens (including phenoxy) is 1. The first-order chi connectivity index (χ1) is 7.95. The lowest BCUT2D eigenvalue weighted by Crippen LogP contribution is -2.31. The van der Waals surface area contributed by atoms with Crippen LogP contribution in [0.2, 0.25) is 5.15 Å². The van der Waals surface area contributed by atoms with Gasteiger partial charge in [0.15, 0.2) is 11.0 Å². The lowest BCUT2D eigenvalue weighted by atomic mass is 10.1. The molecule has 0 bridgehead atoms. The van der Waals surface area contributed by atoms with Crippen molar-refractivity contribution in [1.29, 1.82) is 0 Å². The molecule has 1 rings (SSSR count). The van der Waals surface area contributed by atoms with Gasteiger partial charge in [-0.15, -0.1) is 0 Å². The molecule has 0 amide bonds. The molecule has 1 atom stereocenters. The second kappa shape index (κ2) is 6.17. The summed E-state index contributed by atoms with van der Waals surface area (Å²) in [4.78, 5) is 8.66. The molecule has 0 saturated heterocycles. The summed E-state index contributed by atoms with van der Waals surface area (Å²) in [5.41, 5.74) is 1.74. The molecule has 0 aliphatic carbocycles. The molecule has 0 fully saturated rings. The van der Waals surface area contributed by atoms with Crippen LogP contribution in [0.4, 0.5) is 5.82 Å². The first-order valence-electron chi connectivity index (χ1n) is 5.72. The summed E-state index contributed by atoms with van der Waals surface area (Å²) in [7, 11) is 1.69. The first kappa shape index (κ1) is 14.2. The van der Waals surface area contributed by atoms with Crippen molar-refractivity contribution >= 4 is 17.4 Å². The Balaban J connectivity index is 2.89. The molecule has 96 valence electrons. The quantitative estimate of drug-likeness (QED) is 0.881. The zero-order valence-electron chi connectivity index (χ0n) is 11.0. The van der Waals surface area contributed by atoms with E-state index in [0.717, 1.165) is 11.4 Å². The van der Waals surface area contributed by atoms with Crippen molar-refractivity contribution in [2.24, 2.45) is 5.92 Å². The average Bonchev–Trinajstić information content (AvgIpc) is 2.24. The molecular formula is C12H20ClN3O. The van der Waals surface area contributed by atoms with Gasteiger partial charge in [-0.3, -0.25) is 0 Å². The van der Waals surface area contributed by atoms with Crippen LogP contribution in [0.25, 0.3) is 0 Å². The normalized spacial score (nSPS) is 12.9. The molecule has 1 unspecified atom stereocenters. The summed E-state index contributed by atoms with van der Waals surface area (Å²) in [6.45, 7) is 8.68. The smallest absolute Gasteiger partial charge is 0.171 e. The molecule has 0 aromatic carbocycles. The molecule has 4 nitrogen and oxygen atoms in total. The monoisotopic (exact) mass is 257 g/mol. The van der Waals surface area contributed by atoms with Crippen LogP contribution in [0.1, 0.15) is 25.2 Å². The molecule has 1 heterocycles. The Morgan fingerprint density at radius 1 is 1.24 bits per heavy atom. The number of hydrogen-bond acceptors (Lipinski definition) is 4. The third-order valence-electron chi connectivity index (χ3n) is 2.74. The Hall–Kier alpha value is -0.870. The Bertz CT molecular complexity index is 382. The molecule has 1 aromatic rings. The van der Waals surface area contributed by atoms with E-state index in [-0.39, 0.29) is 6.04 Å². The van der Waals surface area contributed by atoms with E-state index in [2.05, 4.69) is 29.1 Å². The van der Waals surface area contributed by atoms with Crippen molar-refractivity contribution < 1.29 is 4.74 Å². The minimum Gasteiger partial charge on any atom is -0.383 e. The second-order valence-corrected chi connectivity index (χ2v) is 4.84. The molecule has 0 radical (unpaired) electrons. The fourth-order valence-electron chi connectivity index (χ4n) is 1.42. The molecule has 0 aliphatic rings. The summed E-state index contributed by atoms with van der Waals surface area (Å²) in [5, 5.41) is 3.70. The maximum absolute atomic E-state index is 6.07. The van der Waals surface area contributed by atoms with Gasteiger partial charge in [-0.05, 0) is 19.8 Å². The van der Waals surface area contributed by atoms with Crippen LogP contribution in [0.3, 0.4) is 0 Å². The third kappa shape index (κ3) is 3.82. The van der Waals surface area contributed by atoms with E-state index in [1.54, 1.807) is 7.11 Å². The van der Waals surface area contributed by atoms with Crippen LogP contribution in [0.5, 0.6) is 0 Å². The Morgan fingerprint density at radius 2 is 1.82 bits per heavy atom. The van der Waals surface area contributed by atoms with E-state index >= 15 is 0 Å². The lowest BCUT2D eigenvalue weighted by Gasteiger charge is -2.22. The summed E-state index contributed by atoms with van der Waals surface area (Å²) >= 11 is 6.07. The SMILES string of the molecule is COCC(Nc1nc(C)c(C)nc1Cl)C(C)C. The van der Waals surface area contributed by atoms with Gasteiger partial charge < -0.3 is 10.1 Å². The summed E-state index contributed by atoms with van der Waals surface area (Å²) in [5.74, 6) is 1.06. The highest BCUT2D eigenvalue weighted by Crippen LogP contribution is 2.20. The number of rotatable bonds is 5. The zero-order valence-corrected chi connectivity index (χ0v) is 11.8. The van der Waals surface area contributed by atoms with Gasteiger partial charge in [0, 0.05) is 7.11 Å². The van der Waals surface area contributed by atoms with E-state index < -0.39 is 0 Å². The number of aromatic nitrogens is 2. The summed E-state index contributed by atoms with van der Waals surface area (Å²) in [6.07, 6.45) is 0. The van der Waals surface area contributed by atoms with Gasteiger partial charge in [0.1, 0.15) is 0 Å². The Kier molecular flexibility index (Phi) is 5.15. The van der Waals surface area contributed by atoms with Gasteiger partial charge in [-0.1, -0.05) is 25.4 Å². The molecule has 5 heteroatoms. The summed E-state index contributed by atoms with van der Waals surface area (Å²) in [6, 6.07) is 0.175. The Labute approximate surface area is 108 Å². The number of nitrogens with zero attached hydrogens (tertiary/aromatic N) is 2. The predicted molar refractivity (Wildman–Crippen MR) is 70.6 cm³/mol. The van der Waals surface area contributed by atoms with Gasteiger partial charge in [0.2, 0.25) is 0 Å². The van der Waals surface area contributed by atoms with E-state index in [0.29, 0.717) is 23.5 Å². The van der Waals surface area contributed by atoms with Gasteiger partial charge in [-0.25, -0.2) is 9.97 Å². The highest BCUT2D eigenvalue weighted by Gasteiger charge is 2.16. The zero-order chi connectivity index (χ0) is 13.0. The molecular weight excluding hydrogens is 238 g/mol. The standard InChI is InChI=1S/C12H20ClN3O/c1-7(2)10(6-17-5)16-12-11(13)14-8(3)9(4)15-12/h7,10H,6H2,1-5H3,(H,15,16). The van der Waals surface area contributed by atoms with Crippen molar-refractivity contribution in [3.63, 3.8) is 0 Å². The Morgan fingerprint density at radius 3 is 2.35 bits per heavy atom. The van der Waals surface area contributed by atoms with E-state index in [1.165, 1.54) is 0 Å². The number of halogens is 1. The molecule has 17 heavy (non-hydrogen) atoms. The van der Waals surface area contributed by atoms with Crippen LogP contribution in [-0.2, 0) is 4.74 Å². The van der Waals surface area contributed by atoms with Crippen LogP contribution >= 0.6 is 11.6 Å². The number of nitrogens with one attached hydrogen (secondary N) is 1. The number of aryl methyl sites for hydroxylation is 2. The number of methoxy groups -OCH3 is 1. The molecule has 1 N–H and O–H groups in total. The van der Waals surface area contributed by atoms with Crippen molar-refractivity contribution in [3.8, 4) is 0 Å². The predicted octanol–water partition coefficient (Wildman–Crippen LogP) is 2.83. The average molecular weight is 258 g/mol. The van der Waals surface area contributed by atoms with Crippen LogP contribution in [0.15, 0.2) is 0 Å². The highest BCUT2D eigenvalue weighted by molar-refractivity contribution is 6.31. The van der Waals surface area contributed by atoms with E-state index in [9.17, 15) is 0 Å². The third-order valence-corrected chi connectivity index (χ3v) is 3.00. The van der Waals surface area contributed by atoms with Gasteiger partial charge in [-0.2, -0.15) is 0 Å². The van der Waals surface area contributed by atoms with E-state index in [4.69, 9.17) is 16.3 Å². The number of hydrogen-bond donors (Lipinski definition) is 1. The van der Waals surface area contributed by atoms with Crippen molar-refractivity contribution in [3.05, 3.63) is 16.5 Å². The highest BCUT2D eigenvalue weighted by atomic mass is 35.5. The van der Waals surface area contributed by atoms with E-state index in [1.807, 2.05) is 13.8 Å². The largest absolute Gasteiger partial charge is 0.383 e. The molecule has 0 aliphatic heterocycles. The molecule has 0 spiro atoms. The van der Waals surface area contributed by atoms with Crippen molar-refractivity contribution in [2.45, 2.75) is 33.7 Å². The molecule has 1 aromatic heterocycles. The minimum atomic E-state index is 0.175. The lowest BCUT2D eigenvalue weighted by molar-refractivity contribution is 0.171. The van der Waals surface area contributed by atoms with Crippen LogP contribution in [-0.4, -0.2) is 29.7 Å². The first-order valence-corrected chi connectivity index (χ1v) is 6.09. The van der Waals surface area contributed by atoms with Crippen LogP contribution in [0, 0.1) is 19.8 Å².